The van der Waals surface area contributed by atoms with Gasteiger partial charge in [0.1, 0.15) is 5.60 Å². The van der Waals surface area contributed by atoms with Crippen LogP contribution in [-0.2, 0) is 14.3 Å². The molecular weight excluding hydrogens is 270 g/mol. The molecule has 21 heavy (non-hydrogen) atoms. The number of piperidine rings is 1. The van der Waals surface area contributed by atoms with Crippen molar-refractivity contribution in [2.75, 3.05) is 19.6 Å². The predicted octanol–water partition coefficient (Wildman–Crippen LogP) is 0.646. The first-order chi connectivity index (χ1) is 9.65. The van der Waals surface area contributed by atoms with Gasteiger partial charge in [0.2, 0.25) is 5.91 Å². The number of nitrogens with zero attached hydrogens (tertiary/aromatic N) is 1. The minimum Gasteiger partial charge on any atom is -0.460 e. The molecule has 1 fully saturated rings. The van der Waals surface area contributed by atoms with Crippen molar-refractivity contribution in [1.29, 1.82) is 0 Å². The lowest BCUT2D eigenvalue weighted by molar-refractivity contribution is -0.155. The number of carbonyl (C=O) groups excluding carboxylic acids is 2. The molecule has 6 heteroatoms. The van der Waals surface area contributed by atoms with Crippen LogP contribution in [0.1, 0.15) is 47.0 Å². The van der Waals surface area contributed by atoms with Crippen LogP contribution in [0.5, 0.6) is 0 Å². The second kappa shape index (κ2) is 7.75. The zero-order valence-electron chi connectivity index (χ0n) is 13.6. The van der Waals surface area contributed by atoms with Gasteiger partial charge in [-0.25, -0.2) is 0 Å². The van der Waals surface area contributed by atoms with Crippen molar-refractivity contribution >= 4 is 11.9 Å². The van der Waals surface area contributed by atoms with Gasteiger partial charge in [-0.3, -0.25) is 14.5 Å². The van der Waals surface area contributed by atoms with E-state index in [4.69, 9.17) is 10.5 Å². The molecule has 1 saturated heterocycles. The van der Waals surface area contributed by atoms with E-state index in [1.54, 1.807) is 0 Å². The third-order valence-corrected chi connectivity index (χ3v) is 3.38. The van der Waals surface area contributed by atoms with Crippen molar-refractivity contribution < 1.29 is 14.3 Å². The fraction of sp³-hybridized carbons (Fsp3) is 0.867. The molecular formula is C15H29N3O3. The van der Waals surface area contributed by atoms with E-state index in [2.05, 4.69) is 10.2 Å². The summed E-state index contributed by atoms with van der Waals surface area (Å²) in [5.41, 5.74) is 4.76. The number of primary amides is 1. The molecule has 0 aliphatic carbocycles. The number of rotatable bonds is 6. The smallest absolute Gasteiger partial charge is 0.307 e. The number of likely N-dealkylation sites (tertiary alicyclic amines) is 1. The van der Waals surface area contributed by atoms with E-state index < -0.39 is 5.60 Å². The number of nitrogens with two attached hydrogens (primary N) is 1. The van der Waals surface area contributed by atoms with Gasteiger partial charge in [0.15, 0.2) is 0 Å². The number of amides is 1. The normalized spacial score (nSPS) is 19.2. The lowest BCUT2D eigenvalue weighted by Crippen LogP contribution is -2.47. The maximum absolute atomic E-state index is 11.8. The Morgan fingerprint density at radius 2 is 1.90 bits per heavy atom. The SMILES string of the molecule is CC(CC(=O)OC(C)(C)C)NC1CCN(CC(N)=O)CC1. The van der Waals surface area contributed by atoms with Crippen LogP contribution >= 0.6 is 0 Å². The first kappa shape index (κ1) is 17.9. The molecule has 122 valence electrons. The summed E-state index contributed by atoms with van der Waals surface area (Å²) in [6.07, 6.45) is 2.30. The molecule has 0 spiro atoms. The van der Waals surface area contributed by atoms with E-state index in [9.17, 15) is 9.59 Å². The highest BCUT2D eigenvalue weighted by atomic mass is 16.6. The van der Waals surface area contributed by atoms with Crippen molar-refractivity contribution in [3.63, 3.8) is 0 Å². The summed E-state index contributed by atoms with van der Waals surface area (Å²) in [5, 5.41) is 3.47. The van der Waals surface area contributed by atoms with Crippen LogP contribution in [0.2, 0.25) is 0 Å². The molecule has 0 bridgehead atoms. The van der Waals surface area contributed by atoms with Crippen LogP contribution in [0.3, 0.4) is 0 Å². The van der Waals surface area contributed by atoms with Gasteiger partial charge in [0.25, 0.3) is 0 Å². The zero-order chi connectivity index (χ0) is 16.0. The van der Waals surface area contributed by atoms with Crippen molar-refractivity contribution in [2.24, 2.45) is 5.73 Å². The highest BCUT2D eigenvalue weighted by Crippen LogP contribution is 2.13. The molecule has 6 nitrogen and oxygen atoms in total. The molecule has 1 rings (SSSR count). The van der Waals surface area contributed by atoms with Crippen molar-refractivity contribution in [2.45, 2.75) is 64.6 Å². The maximum Gasteiger partial charge on any atom is 0.307 e. The second-order valence-electron chi connectivity index (χ2n) is 6.88. The Labute approximate surface area is 127 Å². The molecule has 0 radical (unpaired) electrons. The number of hydrogen-bond acceptors (Lipinski definition) is 5. The minimum atomic E-state index is -0.434. The summed E-state index contributed by atoms with van der Waals surface area (Å²) in [6, 6.07) is 0.471. The number of esters is 1. The Morgan fingerprint density at radius 1 is 1.33 bits per heavy atom. The Morgan fingerprint density at radius 3 is 2.38 bits per heavy atom. The van der Waals surface area contributed by atoms with Gasteiger partial charge in [-0.05, 0) is 40.5 Å². The zero-order valence-corrected chi connectivity index (χ0v) is 13.6. The first-order valence-corrected chi connectivity index (χ1v) is 7.64. The monoisotopic (exact) mass is 299 g/mol. The van der Waals surface area contributed by atoms with Crippen LogP contribution in [0.4, 0.5) is 0 Å². The predicted molar refractivity (Wildman–Crippen MR) is 81.7 cm³/mol. The van der Waals surface area contributed by atoms with Gasteiger partial charge in [-0.2, -0.15) is 0 Å². The molecule has 0 aromatic rings. The molecule has 1 aliphatic rings. The first-order valence-electron chi connectivity index (χ1n) is 7.64. The maximum atomic E-state index is 11.8. The molecule has 0 saturated carbocycles. The molecule has 1 atom stereocenters. The van der Waals surface area contributed by atoms with E-state index in [0.717, 1.165) is 25.9 Å². The number of ether oxygens (including phenoxy) is 1. The summed E-state index contributed by atoms with van der Waals surface area (Å²) in [4.78, 5) is 24.7. The van der Waals surface area contributed by atoms with E-state index in [1.807, 2.05) is 27.7 Å². The van der Waals surface area contributed by atoms with E-state index in [1.165, 1.54) is 0 Å². The lowest BCUT2D eigenvalue weighted by Gasteiger charge is -2.33. The fourth-order valence-electron chi connectivity index (χ4n) is 2.57. The van der Waals surface area contributed by atoms with Crippen molar-refractivity contribution in [3.05, 3.63) is 0 Å². The Bertz CT molecular complexity index is 358. The van der Waals surface area contributed by atoms with Gasteiger partial charge in [0.05, 0.1) is 13.0 Å². The Hall–Kier alpha value is -1.14. The second-order valence-corrected chi connectivity index (χ2v) is 6.88. The van der Waals surface area contributed by atoms with E-state index >= 15 is 0 Å². The van der Waals surface area contributed by atoms with Gasteiger partial charge in [-0.1, -0.05) is 0 Å². The number of carbonyl (C=O) groups is 2. The average molecular weight is 299 g/mol. The molecule has 3 N–H and O–H groups in total. The summed E-state index contributed by atoms with van der Waals surface area (Å²) in [6.45, 7) is 9.67. The van der Waals surface area contributed by atoms with E-state index in [0.29, 0.717) is 19.0 Å². The lowest BCUT2D eigenvalue weighted by atomic mass is 10.0. The highest BCUT2D eigenvalue weighted by molar-refractivity contribution is 5.75. The van der Waals surface area contributed by atoms with Crippen molar-refractivity contribution in [3.8, 4) is 0 Å². The Balaban J connectivity index is 2.25. The van der Waals surface area contributed by atoms with Crippen LogP contribution in [0.25, 0.3) is 0 Å². The largest absolute Gasteiger partial charge is 0.460 e. The highest BCUT2D eigenvalue weighted by Gasteiger charge is 2.23. The fourth-order valence-corrected chi connectivity index (χ4v) is 2.57. The number of nitrogens with one attached hydrogen (secondary N) is 1. The summed E-state index contributed by atoms with van der Waals surface area (Å²) in [7, 11) is 0. The quantitative estimate of drug-likeness (QED) is 0.703. The van der Waals surface area contributed by atoms with E-state index in [-0.39, 0.29) is 17.9 Å². The molecule has 1 amide bonds. The molecule has 0 aromatic heterocycles. The van der Waals surface area contributed by atoms with Crippen molar-refractivity contribution in [1.82, 2.24) is 10.2 Å². The molecule has 0 aromatic carbocycles. The van der Waals surface area contributed by atoms with Gasteiger partial charge in [0, 0.05) is 25.2 Å². The molecule has 1 aliphatic heterocycles. The summed E-state index contributed by atoms with van der Waals surface area (Å²) >= 11 is 0. The summed E-state index contributed by atoms with van der Waals surface area (Å²) in [5.74, 6) is -0.451. The molecule has 1 unspecified atom stereocenters. The van der Waals surface area contributed by atoms with Gasteiger partial charge >= 0.3 is 5.97 Å². The van der Waals surface area contributed by atoms with Crippen LogP contribution in [0, 0.1) is 0 Å². The minimum absolute atomic E-state index is 0.0903. The third kappa shape index (κ3) is 8.02. The van der Waals surface area contributed by atoms with Crippen LogP contribution in [0.15, 0.2) is 0 Å². The molecule has 1 heterocycles. The van der Waals surface area contributed by atoms with Gasteiger partial charge in [-0.15, -0.1) is 0 Å². The number of hydrogen-bond donors (Lipinski definition) is 2. The topological polar surface area (TPSA) is 84.7 Å². The Kier molecular flexibility index (Phi) is 6.61. The van der Waals surface area contributed by atoms with Crippen LogP contribution < -0.4 is 11.1 Å². The summed E-state index contributed by atoms with van der Waals surface area (Å²) < 4.78 is 5.32. The standard InChI is InChI=1S/C15H29N3O3/c1-11(9-14(20)21-15(2,3)4)17-12-5-7-18(8-6-12)10-13(16)19/h11-12,17H,5-10H2,1-4H3,(H2,16,19). The van der Waals surface area contributed by atoms with Gasteiger partial charge < -0.3 is 15.8 Å². The van der Waals surface area contributed by atoms with Crippen LogP contribution in [-0.4, -0.2) is 54.1 Å². The average Bonchev–Trinajstić information content (AvgIpc) is 2.28. The third-order valence-electron chi connectivity index (χ3n) is 3.38.